The van der Waals surface area contributed by atoms with Gasteiger partial charge in [0.2, 0.25) is 6.79 Å². The SMILES string of the molecule is CCc1ccc(CN2CCC[C@H](N3CCN(Cc4ccc5c(c4)OCO5)CC3)C2)o1. The normalized spacial score (nSPS) is 23.2. The molecular weight excluding hydrogens is 378 g/mol. The maximum Gasteiger partial charge on any atom is 0.231 e. The fraction of sp³-hybridized carbons (Fsp3) is 0.583. The second-order valence-corrected chi connectivity index (χ2v) is 8.75. The average Bonchev–Trinajstić information content (AvgIpc) is 3.43. The van der Waals surface area contributed by atoms with Crippen molar-refractivity contribution in [3.63, 3.8) is 0 Å². The fourth-order valence-corrected chi connectivity index (χ4v) is 4.97. The molecule has 1 atom stereocenters. The summed E-state index contributed by atoms with van der Waals surface area (Å²) in [4.78, 5) is 7.84. The summed E-state index contributed by atoms with van der Waals surface area (Å²) in [5, 5.41) is 0. The van der Waals surface area contributed by atoms with E-state index in [-0.39, 0.29) is 0 Å². The van der Waals surface area contributed by atoms with Gasteiger partial charge in [0, 0.05) is 51.7 Å². The lowest BCUT2D eigenvalue weighted by Crippen LogP contribution is -2.54. The van der Waals surface area contributed by atoms with Crippen LogP contribution in [0.25, 0.3) is 0 Å². The highest BCUT2D eigenvalue weighted by Crippen LogP contribution is 2.33. The molecule has 0 saturated carbocycles. The van der Waals surface area contributed by atoms with Crippen molar-refractivity contribution in [2.45, 2.75) is 45.3 Å². The van der Waals surface area contributed by atoms with Crippen molar-refractivity contribution in [3.8, 4) is 11.5 Å². The van der Waals surface area contributed by atoms with Gasteiger partial charge in [-0.3, -0.25) is 14.7 Å². The Morgan fingerprint density at radius 1 is 0.867 bits per heavy atom. The number of piperazine rings is 1. The lowest BCUT2D eigenvalue weighted by Gasteiger charge is -2.43. The third-order valence-corrected chi connectivity index (χ3v) is 6.69. The quantitative estimate of drug-likeness (QED) is 0.726. The molecule has 4 heterocycles. The Morgan fingerprint density at radius 3 is 2.53 bits per heavy atom. The second-order valence-electron chi connectivity index (χ2n) is 8.75. The molecule has 2 saturated heterocycles. The molecule has 5 rings (SSSR count). The van der Waals surface area contributed by atoms with Crippen molar-refractivity contribution in [1.29, 1.82) is 0 Å². The van der Waals surface area contributed by atoms with Crippen molar-refractivity contribution in [2.24, 2.45) is 0 Å². The first kappa shape index (κ1) is 19.9. The van der Waals surface area contributed by atoms with Crippen LogP contribution in [0.15, 0.2) is 34.7 Å². The number of hydrogen-bond acceptors (Lipinski definition) is 6. The molecule has 2 fully saturated rings. The van der Waals surface area contributed by atoms with Crippen LogP contribution in [0.5, 0.6) is 11.5 Å². The number of ether oxygens (including phenoxy) is 2. The van der Waals surface area contributed by atoms with Crippen LogP contribution in [-0.2, 0) is 19.5 Å². The van der Waals surface area contributed by atoms with Crippen LogP contribution in [0.2, 0.25) is 0 Å². The summed E-state index contributed by atoms with van der Waals surface area (Å²) in [5.74, 6) is 3.96. The van der Waals surface area contributed by atoms with Gasteiger partial charge in [0.15, 0.2) is 11.5 Å². The van der Waals surface area contributed by atoms with Gasteiger partial charge < -0.3 is 13.9 Å². The maximum absolute atomic E-state index is 5.94. The van der Waals surface area contributed by atoms with Crippen LogP contribution in [-0.4, -0.2) is 66.8 Å². The summed E-state index contributed by atoms with van der Waals surface area (Å²) in [5.41, 5.74) is 1.31. The van der Waals surface area contributed by atoms with Crippen molar-refractivity contribution >= 4 is 0 Å². The molecule has 3 aliphatic rings. The Labute approximate surface area is 179 Å². The highest BCUT2D eigenvalue weighted by atomic mass is 16.7. The topological polar surface area (TPSA) is 41.3 Å². The second kappa shape index (κ2) is 9.00. The lowest BCUT2D eigenvalue weighted by molar-refractivity contribution is 0.0458. The average molecular weight is 412 g/mol. The third-order valence-electron chi connectivity index (χ3n) is 6.69. The molecule has 0 unspecified atom stereocenters. The van der Waals surface area contributed by atoms with E-state index in [0.29, 0.717) is 12.8 Å². The lowest BCUT2D eigenvalue weighted by atomic mass is 10.0. The number of aryl methyl sites for hydroxylation is 1. The molecule has 0 N–H and O–H groups in total. The number of piperidine rings is 1. The molecule has 0 amide bonds. The van der Waals surface area contributed by atoms with E-state index in [0.717, 1.165) is 75.3 Å². The third kappa shape index (κ3) is 4.51. The number of fused-ring (bicyclic) bond motifs is 1. The first-order valence-corrected chi connectivity index (χ1v) is 11.4. The standard InChI is InChI=1S/C24H33N3O3/c1-2-21-6-7-22(30-21)17-26-9-3-4-20(16-26)27-12-10-25(11-13-27)15-19-5-8-23-24(14-19)29-18-28-23/h5-8,14,20H,2-4,9-13,15-18H2,1H3/t20-/m0/s1. The summed E-state index contributed by atoms with van der Waals surface area (Å²) < 4.78 is 16.9. The van der Waals surface area contributed by atoms with E-state index in [1.54, 1.807) is 0 Å². The summed E-state index contributed by atoms with van der Waals surface area (Å²) in [6, 6.07) is 11.3. The van der Waals surface area contributed by atoms with Gasteiger partial charge >= 0.3 is 0 Å². The van der Waals surface area contributed by atoms with Gasteiger partial charge in [-0.25, -0.2) is 0 Å². The monoisotopic (exact) mass is 411 g/mol. The van der Waals surface area contributed by atoms with E-state index in [9.17, 15) is 0 Å². The number of furan rings is 1. The van der Waals surface area contributed by atoms with Crippen LogP contribution >= 0.6 is 0 Å². The predicted octanol–water partition coefficient (Wildman–Crippen LogP) is 3.35. The Hall–Kier alpha value is -2.02. The zero-order valence-corrected chi connectivity index (χ0v) is 18.0. The molecule has 1 aromatic heterocycles. The first-order chi connectivity index (χ1) is 14.8. The van der Waals surface area contributed by atoms with Gasteiger partial charge in [0.25, 0.3) is 0 Å². The Balaban J connectivity index is 1.11. The minimum atomic E-state index is 0.343. The maximum atomic E-state index is 5.94. The van der Waals surface area contributed by atoms with E-state index >= 15 is 0 Å². The highest BCUT2D eigenvalue weighted by molar-refractivity contribution is 5.44. The summed E-state index contributed by atoms with van der Waals surface area (Å²) in [6.45, 7) is 11.3. The minimum Gasteiger partial charge on any atom is -0.465 e. The van der Waals surface area contributed by atoms with Crippen LogP contribution in [0, 0.1) is 0 Å². The molecule has 6 heteroatoms. The van der Waals surface area contributed by atoms with E-state index in [1.165, 1.54) is 24.9 Å². The van der Waals surface area contributed by atoms with Gasteiger partial charge in [-0.1, -0.05) is 13.0 Å². The summed E-state index contributed by atoms with van der Waals surface area (Å²) in [7, 11) is 0. The molecule has 1 aromatic carbocycles. The molecule has 0 spiro atoms. The first-order valence-electron chi connectivity index (χ1n) is 11.4. The van der Waals surface area contributed by atoms with Gasteiger partial charge in [-0.2, -0.15) is 0 Å². The molecule has 3 aliphatic heterocycles. The molecule has 6 nitrogen and oxygen atoms in total. The number of hydrogen-bond donors (Lipinski definition) is 0. The molecule has 2 aromatic rings. The smallest absolute Gasteiger partial charge is 0.231 e. The van der Waals surface area contributed by atoms with Crippen LogP contribution in [0.3, 0.4) is 0 Å². The van der Waals surface area contributed by atoms with Gasteiger partial charge in [-0.15, -0.1) is 0 Å². The predicted molar refractivity (Wildman–Crippen MR) is 116 cm³/mol. The fourth-order valence-electron chi connectivity index (χ4n) is 4.97. The zero-order valence-electron chi connectivity index (χ0n) is 18.0. The van der Waals surface area contributed by atoms with Crippen LogP contribution < -0.4 is 9.47 Å². The number of likely N-dealkylation sites (tertiary alicyclic amines) is 1. The Kier molecular flexibility index (Phi) is 5.97. The number of nitrogens with zero attached hydrogens (tertiary/aromatic N) is 3. The molecule has 0 aliphatic carbocycles. The van der Waals surface area contributed by atoms with Crippen molar-refractivity contribution in [2.75, 3.05) is 46.1 Å². The van der Waals surface area contributed by atoms with E-state index < -0.39 is 0 Å². The zero-order chi connectivity index (χ0) is 20.3. The van der Waals surface area contributed by atoms with Gasteiger partial charge in [-0.05, 0) is 49.2 Å². The molecule has 0 bridgehead atoms. The van der Waals surface area contributed by atoms with Crippen LogP contribution in [0.1, 0.15) is 36.8 Å². The van der Waals surface area contributed by atoms with Gasteiger partial charge in [0.1, 0.15) is 11.5 Å². The molecular formula is C24H33N3O3. The number of benzene rings is 1. The number of rotatable bonds is 6. The molecule has 0 radical (unpaired) electrons. The summed E-state index contributed by atoms with van der Waals surface area (Å²) in [6.07, 6.45) is 3.57. The van der Waals surface area contributed by atoms with E-state index in [1.807, 2.05) is 6.07 Å². The highest BCUT2D eigenvalue weighted by Gasteiger charge is 2.28. The van der Waals surface area contributed by atoms with E-state index in [2.05, 4.69) is 45.9 Å². The van der Waals surface area contributed by atoms with Crippen molar-refractivity contribution in [3.05, 3.63) is 47.4 Å². The Bertz CT molecular complexity index is 844. The largest absolute Gasteiger partial charge is 0.465 e. The van der Waals surface area contributed by atoms with Crippen molar-refractivity contribution < 1.29 is 13.9 Å². The van der Waals surface area contributed by atoms with Crippen LogP contribution in [0.4, 0.5) is 0 Å². The molecule has 30 heavy (non-hydrogen) atoms. The van der Waals surface area contributed by atoms with E-state index in [4.69, 9.17) is 13.9 Å². The summed E-state index contributed by atoms with van der Waals surface area (Å²) >= 11 is 0. The van der Waals surface area contributed by atoms with Gasteiger partial charge in [0.05, 0.1) is 6.54 Å². The Morgan fingerprint density at radius 2 is 1.70 bits per heavy atom. The van der Waals surface area contributed by atoms with Crippen molar-refractivity contribution in [1.82, 2.24) is 14.7 Å². The minimum absolute atomic E-state index is 0.343. The molecule has 162 valence electrons.